The van der Waals surface area contributed by atoms with Gasteiger partial charge in [-0.2, -0.15) is 0 Å². The number of hydrogen-bond acceptors (Lipinski definition) is 6. The summed E-state index contributed by atoms with van der Waals surface area (Å²) < 4.78 is 21.1. The van der Waals surface area contributed by atoms with Crippen LogP contribution in [0.3, 0.4) is 0 Å². The van der Waals surface area contributed by atoms with Crippen LogP contribution in [0, 0.1) is 5.82 Å². The molecule has 1 unspecified atom stereocenters. The topological polar surface area (TPSA) is 109 Å². The van der Waals surface area contributed by atoms with Gasteiger partial charge in [0.05, 0.1) is 19.4 Å². The van der Waals surface area contributed by atoms with Crippen molar-refractivity contribution in [3.8, 4) is 17.0 Å². The molecule has 0 saturated carbocycles. The number of nitrogens with zero attached hydrogens (tertiary/aromatic N) is 2. The number of aryl methyl sites for hydroxylation is 1. The summed E-state index contributed by atoms with van der Waals surface area (Å²) in [6, 6.07) is 18.0. The molecule has 5 N–H and O–H groups in total. The summed E-state index contributed by atoms with van der Waals surface area (Å²) in [5.41, 5.74) is 10.3. The average Bonchev–Trinajstić information content (AvgIpc) is 3.42. The summed E-state index contributed by atoms with van der Waals surface area (Å²) in [4.78, 5) is 12.2. The normalized spacial score (nSPS) is 12.0. The number of nitrogens with two attached hydrogens (primary N) is 1. The molecule has 5 aromatic rings. The van der Waals surface area contributed by atoms with Crippen LogP contribution >= 0.6 is 0 Å². The fourth-order valence-electron chi connectivity index (χ4n) is 4.52. The number of aromatic nitrogens is 3. The number of H-pyrrole nitrogens is 1. The maximum absolute atomic E-state index is 15.7. The van der Waals surface area contributed by atoms with E-state index in [1.807, 2.05) is 61.5 Å². The van der Waals surface area contributed by atoms with Gasteiger partial charge in [0.25, 0.3) is 0 Å². The Labute approximate surface area is 214 Å². The largest absolute Gasteiger partial charge is 0.494 e. The lowest BCUT2D eigenvalue weighted by Crippen LogP contribution is -2.16. The van der Waals surface area contributed by atoms with Crippen molar-refractivity contribution in [2.45, 2.75) is 26.0 Å². The number of aliphatic hydroxyl groups excluding tert-OH is 1. The van der Waals surface area contributed by atoms with E-state index in [-0.39, 0.29) is 12.4 Å². The van der Waals surface area contributed by atoms with Gasteiger partial charge in [-0.05, 0) is 53.3 Å². The number of nitrogens with one attached hydrogen (secondary N) is 2. The van der Waals surface area contributed by atoms with E-state index in [1.54, 1.807) is 18.5 Å². The van der Waals surface area contributed by atoms with E-state index < -0.39 is 11.9 Å². The number of fused-ring (bicyclic) bond motifs is 1. The number of anilines is 2. The Morgan fingerprint density at radius 1 is 1.14 bits per heavy atom. The smallest absolute Gasteiger partial charge is 0.170 e. The maximum Gasteiger partial charge on any atom is 0.170 e. The second-order valence-corrected chi connectivity index (χ2v) is 8.75. The Morgan fingerprint density at radius 2 is 1.97 bits per heavy atom. The standard InChI is InChI=1S/C29H28FN5O2/c1-3-17-12-23(26(30)25(13-17)37-2)27(34-20-8-9-22-18(14-20)10-11-32-28(22)31)29-33-15-24(35-29)21-7-5-4-6-19(21)16-36/h4-15,27,34,36H,3,16H2,1-2H3,(H2,31,32)(H,33,35). The molecule has 0 aliphatic heterocycles. The number of benzene rings is 3. The van der Waals surface area contributed by atoms with E-state index in [4.69, 9.17) is 15.5 Å². The highest BCUT2D eigenvalue weighted by Crippen LogP contribution is 2.35. The van der Waals surface area contributed by atoms with Crippen LogP contribution in [0.4, 0.5) is 15.9 Å². The van der Waals surface area contributed by atoms with Gasteiger partial charge < -0.3 is 25.9 Å². The average molecular weight is 498 g/mol. The van der Waals surface area contributed by atoms with E-state index in [1.165, 1.54) is 7.11 Å². The molecule has 5 rings (SSSR count). The van der Waals surface area contributed by atoms with Gasteiger partial charge in [0.15, 0.2) is 11.6 Å². The van der Waals surface area contributed by atoms with Gasteiger partial charge in [0.1, 0.15) is 17.7 Å². The number of aromatic amines is 1. The monoisotopic (exact) mass is 497 g/mol. The number of aliphatic hydroxyl groups is 1. The fourth-order valence-corrected chi connectivity index (χ4v) is 4.52. The summed E-state index contributed by atoms with van der Waals surface area (Å²) in [5, 5.41) is 15.0. The van der Waals surface area contributed by atoms with Gasteiger partial charge in [0, 0.05) is 34.6 Å². The third-order valence-electron chi connectivity index (χ3n) is 6.51. The number of pyridine rings is 1. The predicted molar refractivity (Wildman–Crippen MR) is 144 cm³/mol. The highest BCUT2D eigenvalue weighted by molar-refractivity contribution is 5.93. The molecular weight excluding hydrogens is 469 g/mol. The molecule has 3 aromatic carbocycles. The molecule has 0 aliphatic rings. The lowest BCUT2D eigenvalue weighted by atomic mass is 9.99. The first-order valence-corrected chi connectivity index (χ1v) is 12.0. The number of rotatable bonds is 8. The minimum atomic E-state index is -0.660. The predicted octanol–water partition coefficient (Wildman–Crippen LogP) is 5.61. The third kappa shape index (κ3) is 4.71. The molecule has 8 heteroatoms. The number of imidazole rings is 1. The van der Waals surface area contributed by atoms with Crippen molar-refractivity contribution >= 4 is 22.3 Å². The molecule has 188 valence electrons. The van der Waals surface area contributed by atoms with E-state index in [9.17, 15) is 5.11 Å². The fraction of sp³-hybridized carbons (Fsp3) is 0.172. The van der Waals surface area contributed by atoms with Crippen LogP contribution in [-0.4, -0.2) is 27.2 Å². The summed E-state index contributed by atoms with van der Waals surface area (Å²) in [7, 11) is 1.46. The van der Waals surface area contributed by atoms with Crippen molar-refractivity contribution in [1.29, 1.82) is 0 Å². The van der Waals surface area contributed by atoms with Gasteiger partial charge >= 0.3 is 0 Å². The lowest BCUT2D eigenvalue weighted by molar-refractivity contribution is 0.282. The number of ether oxygens (including phenoxy) is 1. The molecule has 0 aliphatic carbocycles. The van der Waals surface area contributed by atoms with Crippen LogP contribution in [-0.2, 0) is 13.0 Å². The van der Waals surface area contributed by atoms with Crippen molar-refractivity contribution in [1.82, 2.24) is 15.0 Å². The van der Waals surface area contributed by atoms with Gasteiger partial charge in [-0.15, -0.1) is 0 Å². The first-order valence-electron chi connectivity index (χ1n) is 12.0. The number of halogens is 1. The second-order valence-electron chi connectivity index (χ2n) is 8.75. The zero-order valence-corrected chi connectivity index (χ0v) is 20.6. The van der Waals surface area contributed by atoms with Crippen LogP contribution in [0.1, 0.15) is 35.5 Å². The van der Waals surface area contributed by atoms with Gasteiger partial charge in [-0.25, -0.2) is 14.4 Å². The van der Waals surface area contributed by atoms with E-state index in [0.29, 0.717) is 29.3 Å². The van der Waals surface area contributed by atoms with Crippen molar-refractivity contribution in [3.63, 3.8) is 0 Å². The van der Waals surface area contributed by atoms with Crippen LogP contribution in [0.15, 0.2) is 73.1 Å². The molecule has 0 radical (unpaired) electrons. The molecule has 1 atom stereocenters. The molecule has 0 fully saturated rings. The number of nitrogen functional groups attached to an aromatic ring is 1. The van der Waals surface area contributed by atoms with Gasteiger partial charge in [-0.3, -0.25) is 0 Å². The summed E-state index contributed by atoms with van der Waals surface area (Å²) in [5.74, 6) is 0.688. The Balaban J connectivity index is 1.63. The van der Waals surface area contributed by atoms with Gasteiger partial charge in [0.2, 0.25) is 0 Å². The van der Waals surface area contributed by atoms with E-state index in [2.05, 4.69) is 15.3 Å². The quantitative estimate of drug-likeness (QED) is 0.222. The highest BCUT2D eigenvalue weighted by atomic mass is 19.1. The Morgan fingerprint density at radius 3 is 2.76 bits per heavy atom. The first-order chi connectivity index (χ1) is 18.0. The van der Waals surface area contributed by atoms with Crippen molar-refractivity contribution in [3.05, 3.63) is 101 Å². The summed E-state index contributed by atoms with van der Waals surface area (Å²) in [6.07, 6.45) is 4.14. The van der Waals surface area contributed by atoms with Gasteiger partial charge in [-0.1, -0.05) is 37.3 Å². The molecule has 0 spiro atoms. The first kappa shape index (κ1) is 24.3. The summed E-state index contributed by atoms with van der Waals surface area (Å²) >= 11 is 0. The molecule has 37 heavy (non-hydrogen) atoms. The zero-order chi connectivity index (χ0) is 25.9. The molecular formula is C29H28FN5O2. The molecule has 0 amide bonds. The molecule has 0 saturated heterocycles. The van der Waals surface area contributed by atoms with Crippen LogP contribution in [0.5, 0.6) is 5.75 Å². The second kappa shape index (κ2) is 10.3. The highest BCUT2D eigenvalue weighted by Gasteiger charge is 2.25. The minimum absolute atomic E-state index is 0.112. The van der Waals surface area contributed by atoms with E-state index >= 15 is 4.39 Å². The zero-order valence-electron chi connectivity index (χ0n) is 20.6. The third-order valence-corrected chi connectivity index (χ3v) is 6.51. The number of methoxy groups -OCH3 is 1. The summed E-state index contributed by atoms with van der Waals surface area (Å²) in [6.45, 7) is 1.90. The Kier molecular flexibility index (Phi) is 6.74. The number of hydrogen-bond donors (Lipinski definition) is 4. The molecule has 2 heterocycles. The van der Waals surface area contributed by atoms with Crippen molar-refractivity contribution < 1.29 is 14.2 Å². The van der Waals surface area contributed by atoms with Crippen molar-refractivity contribution in [2.75, 3.05) is 18.2 Å². The molecule has 0 bridgehead atoms. The van der Waals surface area contributed by atoms with Crippen LogP contribution < -0.4 is 15.8 Å². The van der Waals surface area contributed by atoms with E-state index in [0.717, 1.165) is 33.2 Å². The Hall–Kier alpha value is -4.43. The minimum Gasteiger partial charge on any atom is -0.494 e. The lowest BCUT2D eigenvalue weighted by Gasteiger charge is -2.21. The van der Waals surface area contributed by atoms with Crippen molar-refractivity contribution in [2.24, 2.45) is 0 Å². The molecule has 7 nitrogen and oxygen atoms in total. The Bertz CT molecular complexity index is 1570. The maximum atomic E-state index is 15.7. The van der Waals surface area contributed by atoms with Crippen LogP contribution in [0.25, 0.3) is 22.0 Å². The van der Waals surface area contributed by atoms with Crippen LogP contribution in [0.2, 0.25) is 0 Å². The SMILES string of the molecule is CCc1cc(OC)c(F)c(C(Nc2ccc3c(N)nccc3c2)c2nc(-c3ccccc3CO)c[nH]2)c1. The molecule has 2 aromatic heterocycles.